The number of pyridine rings is 1. The summed E-state index contributed by atoms with van der Waals surface area (Å²) in [5, 5.41) is 6.54. The SMILES string of the molecule is CC(C)(C)CC(=O)Nc1ccc(NCC2CCOCC2)nc1N1CCOCC1. The van der Waals surface area contributed by atoms with Crippen molar-refractivity contribution in [1.82, 2.24) is 4.98 Å². The maximum Gasteiger partial charge on any atom is 0.224 e. The number of aromatic nitrogens is 1. The van der Waals surface area contributed by atoms with Gasteiger partial charge < -0.3 is 25.0 Å². The Morgan fingerprint density at radius 1 is 1.14 bits per heavy atom. The summed E-state index contributed by atoms with van der Waals surface area (Å²) in [5.74, 6) is 2.31. The highest BCUT2D eigenvalue weighted by atomic mass is 16.5. The van der Waals surface area contributed by atoms with Crippen molar-refractivity contribution in [2.45, 2.75) is 40.0 Å². The topological polar surface area (TPSA) is 75.7 Å². The summed E-state index contributed by atoms with van der Waals surface area (Å²) in [7, 11) is 0. The molecule has 2 fully saturated rings. The molecule has 1 aromatic rings. The Hall–Kier alpha value is -1.86. The van der Waals surface area contributed by atoms with Crippen LogP contribution in [-0.2, 0) is 14.3 Å². The normalized spacial score (nSPS) is 18.8. The van der Waals surface area contributed by atoms with E-state index in [1.165, 1.54) is 0 Å². The van der Waals surface area contributed by atoms with Crippen LogP contribution in [0.25, 0.3) is 0 Å². The molecule has 156 valence electrons. The third kappa shape index (κ3) is 6.34. The molecule has 0 unspecified atom stereocenters. The summed E-state index contributed by atoms with van der Waals surface area (Å²) >= 11 is 0. The molecule has 0 saturated carbocycles. The Balaban J connectivity index is 1.71. The van der Waals surface area contributed by atoms with E-state index in [2.05, 4.69) is 36.3 Å². The van der Waals surface area contributed by atoms with Gasteiger partial charge in [-0.25, -0.2) is 4.98 Å². The standard InChI is InChI=1S/C21H34N4O3/c1-21(2,3)14-19(26)23-17-4-5-18(22-15-16-6-10-27-11-7-16)24-20(17)25-8-12-28-13-9-25/h4-5,16H,6-15H2,1-3H3,(H,22,24)(H,23,26). The van der Waals surface area contributed by atoms with Crippen molar-refractivity contribution in [3.05, 3.63) is 12.1 Å². The van der Waals surface area contributed by atoms with E-state index in [0.29, 0.717) is 25.6 Å². The molecule has 7 nitrogen and oxygen atoms in total. The van der Waals surface area contributed by atoms with Crippen LogP contribution in [0.15, 0.2) is 12.1 Å². The van der Waals surface area contributed by atoms with Gasteiger partial charge in [-0.1, -0.05) is 20.8 Å². The first-order valence-electron chi connectivity index (χ1n) is 10.4. The Morgan fingerprint density at radius 3 is 2.50 bits per heavy atom. The third-order valence-electron chi connectivity index (χ3n) is 5.06. The van der Waals surface area contributed by atoms with Gasteiger partial charge in [0.25, 0.3) is 0 Å². The van der Waals surface area contributed by atoms with Gasteiger partial charge >= 0.3 is 0 Å². The Kier molecular flexibility index (Phi) is 7.13. The number of carbonyl (C=O) groups is 1. The molecular weight excluding hydrogens is 356 g/mol. The summed E-state index contributed by atoms with van der Waals surface area (Å²) in [6, 6.07) is 3.92. The molecule has 0 radical (unpaired) electrons. The van der Waals surface area contributed by atoms with Crippen molar-refractivity contribution < 1.29 is 14.3 Å². The summed E-state index contributed by atoms with van der Waals surface area (Å²) in [4.78, 5) is 19.5. The number of amides is 1. The molecule has 1 aromatic heterocycles. The Bertz CT molecular complexity index is 648. The van der Waals surface area contributed by atoms with E-state index in [0.717, 1.165) is 63.0 Å². The van der Waals surface area contributed by atoms with Crippen LogP contribution < -0.4 is 15.5 Å². The maximum atomic E-state index is 12.5. The van der Waals surface area contributed by atoms with Gasteiger partial charge in [-0.05, 0) is 36.3 Å². The van der Waals surface area contributed by atoms with Crippen molar-refractivity contribution in [2.75, 3.05) is 61.6 Å². The second-order valence-electron chi connectivity index (χ2n) is 8.89. The Labute approximate surface area is 168 Å². The second-order valence-corrected chi connectivity index (χ2v) is 8.89. The zero-order chi connectivity index (χ0) is 20.0. The van der Waals surface area contributed by atoms with Gasteiger partial charge in [0.2, 0.25) is 5.91 Å². The van der Waals surface area contributed by atoms with Crippen LogP contribution in [0.2, 0.25) is 0 Å². The highest BCUT2D eigenvalue weighted by Crippen LogP contribution is 2.28. The number of morpholine rings is 1. The zero-order valence-corrected chi connectivity index (χ0v) is 17.4. The van der Waals surface area contributed by atoms with Crippen molar-refractivity contribution >= 4 is 23.2 Å². The fourth-order valence-electron chi connectivity index (χ4n) is 3.54. The first-order chi connectivity index (χ1) is 13.4. The predicted octanol–water partition coefficient (Wildman–Crippen LogP) is 3.13. The van der Waals surface area contributed by atoms with Crippen molar-refractivity contribution in [1.29, 1.82) is 0 Å². The summed E-state index contributed by atoms with van der Waals surface area (Å²) in [5.41, 5.74) is 0.717. The van der Waals surface area contributed by atoms with Crippen LogP contribution in [-0.4, -0.2) is 57.0 Å². The van der Waals surface area contributed by atoms with Gasteiger partial charge in [-0.2, -0.15) is 0 Å². The van der Waals surface area contributed by atoms with Gasteiger partial charge in [0.1, 0.15) is 5.82 Å². The van der Waals surface area contributed by atoms with Gasteiger partial charge in [0.15, 0.2) is 5.82 Å². The van der Waals surface area contributed by atoms with E-state index in [4.69, 9.17) is 14.5 Å². The highest BCUT2D eigenvalue weighted by Gasteiger charge is 2.21. The molecule has 3 rings (SSSR count). The van der Waals surface area contributed by atoms with E-state index in [1.54, 1.807) is 0 Å². The molecular formula is C21H34N4O3. The Morgan fingerprint density at radius 2 is 1.82 bits per heavy atom. The molecule has 2 saturated heterocycles. The predicted molar refractivity (Wildman–Crippen MR) is 112 cm³/mol. The van der Waals surface area contributed by atoms with Crippen LogP contribution in [0.5, 0.6) is 0 Å². The lowest BCUT2D eigenvalue weighted by Gasteiger charge is -2.30. The molecule has 0 aliphatic carbocycles. The van der Waals surface area contributed by atoms with Crippen molar-refractivity contribution in [2.24, 2.45) is 11.3 Å². The van der Waals surface area contributed by atoms with Gasteiger partial charge in [-0.3, -0.25) is 4.79 Å². The fourth-order valence-corrected chi connectivity index (χ4v) is 3.54. The number of carbonyl (C=O) groups excluding carboxylic acids is 1. The van der Waals surface area contributed by atoms with E-state index in [9.17, 15) is 4.79 Å². The minimum absolute atomic E-state index is 0.0201. The average Bonchev–Trinajstić information content (AvgIpc) is 2.67. The lowest BCUT2D eigenvalue weighted by Crippen LogP contribution is -2.37. The monoisotopic (exact) mass is 390 g/mol. The first-order valence-corrected chi connectivity index (χ1v) is 10.4. The lowest BCUT2D eigenvalue weighted by atomic mass is 9.92. The summed E-state index contributed by atoms with van der Waals surface area (Å²) < 4.78 is 10.9. The average molecular weight is 391 g/mol. The van der Waals surface area contributed by atoms with E-state index in [-0.39, 0.29) is 11.3 Å². The number of ether oxygens (including phenoxy) is 2. The molecule has 1 amide bonds. The fraction of sp³-hybridized carbons (Fsp3) is 0.714. The number of nitrogens with one attached hydrogen (secondary N) is 2. The molecule has 2 aliphatic rings. The zero-order valence-electron chi connectivity index (χ0n) is 17.4. The maximum absolute atomic E-state index is 12.5. The van der Waals surface area contributed by atoms with E-state index < -0.39 is 0 Å². The van der Waals surface area contributed by atoms with E-state index in [1.807, 2.05) is 12.1 Å². The lowest BCUT2D eigenvalue weighted by molar-refractivity contribution is -0.117. The summed E-state index contributed by atoms with van der Waals surface area (Å²) in [6.45, 7) is 11.7. The van der Waals surface area contributed by atoms with Crippen LogP contribution in [0.4, 0.5) is 17.3 Å². The van der Waals surface area contributed by atoms with Crippen LogP contribution in [0.1, 0.15) is 40.0 Å². The smallest absolute Gasteiger partial charge is 0.224 e. The summed E-state index contributed by atoms with van der Waals surface area (Å²) in [6.07, 6.45) is 2.65. The molecule has 2 aliphatic heterocycles. The third-order valence-corrected chi connectivity index (χ3v) is 5.06. The largest absolute Gasteiger partial charge is 0.381 e. The molecule has 3 heterocycles. The van der Waals surface area contributed by atoms with Gasteiger partial charge in [-0.15, -0.1) is 0 Å². The molecule has 0 bridgehead atoms. The van der Waals surface area contributed by atoms with Crippen LogP contribution in [0.3, 0.4) is 0 Å². The van der Waals surface area contributed by atoms with Gasteiger partial charge in [0.05, 0.1) is 18.9 Å². The highest BCUT2D eigenvalue weighted by molar-refractivity contribution is 5.94. The van der Waals surface area contributed by atoms with Gasteiger partial charge in [0, 0.05) is 39.3 Å². The molecule has 0 atom stereocenters. The first kappa shape index (κ1) is 20.9. The minimum Gasteiger partial charge on any atom is -0.381 e. The molecule has 7 heteroatoms. The van der Waals surface area contributed by atoms with Crippen molar-refractivity contribution in [3.63, 3.8) is 0 Å². The number of hydrogen-bond donors (Lipinski definition) is 2. The van der Waals surface area contributed by atoms with Crippen molar-refractivity contribution in [3.8, 4) is 0 Å². The minimum atomic E-state index is -0.0537. The molecule has 0 aromatic carbocycles. The quantitative estimate of drug-likeness (QED) is 0.777. The number of rotatable bonds is 6. The number of nitrogens with zero attached hydrogens (tertiary/aromatic N) is 2. The molecule has 28 heavy (non-hydrogen) atoms. The van der Waals surface area contributed by atoms with Crippen LogP contribution >= 0.6 is 0 Å². The number of anilines is 3. The molecule has 0 spiro atoms. The number of hydrogen-bond acceptors (Lipinski definition) is 6. The second kappa shape index (κ2) is 9.56. The molecule has 2 N–H and O–H groups in total. The van der Waals surface area contributed by atoms with Crippen LogP contribution in [0, 0.1) is 11.3 Å². The van der Waals surface area contributed by atoms with E-state index >= 15 is 0 Å².